The van der Waals surface area contributed by atoms with Crippen LogP contribution in [0, 0.1) is 10.1 Å². The van der Waals surface area contributed by atoms with Crippen LogP contribution in [0.25, 0.3) is 0 Å². The second kappa shape index (κ2) is 11.8. The molecule has 2 saturated heterocycles. The maximum absolute atomic E-state index is 13.2. The summed E-state index contributed by atoms with van der Waals surface area (Å²) in [6.45, 7) is 1.68. The normalized spacial score (nSPS) is 17.0. The topological polar surface area (TPSA) is 99.0 Å². The van der Waals surface area contributed by atoms with Gasteiger partial charge in [0.05, 0.1) is 10.5 Å². The number of benzene rings is 2. The fraction of sp³-hybridized carbons (Fsp3) is 0.462. The highest BCUT2D eigenvalue weighted by Crippen LogP contribution is 2.38. The molecule has 2 aliphatic heterocycles. The van der Waals surface area contributed by atoms with Gasteiger partial charge >= 0.3 is 12.4 Å². The van der Waals surface area contributed by atoms with E-state index >= 15 is 0 Å². The van der Waals surface area contributed by atoms with Crippen molar-refractivity contribution in [2.45, 2.75) is 37.7 Å². The number of carbonyl (C=O) groups excluding carboxylic acids is 2. The van der Waals surface area contributed by atoms with Crippen LogP contribution >= 0.6 is 0 Å². The van der Waals surface area contributed by atoms with Crippen molar-refractivity contribution in [2.24, 2.45) is 0 Å². The predicted octanol–water partition coefficient (Wildman–Crippen LogP) is 4.77. The van der Waals surface area contributed by atoms with Crippen molar-refractivity contribution in [2.75, 3.05) is 49.5 Å². The molecule has 0 aromatic heterocycles. The summed E-state index contributed by atoms with van der Waals surface area (Å²) < 4.78 is 78.8. The highest BCUT2D eigenvalue weighted by molar-refractivity contribution is 5.97. The molecule has 1 N–H and O–H groups in total. The van der Waals surface area contributed by atoms with Crippen LogP contribution in [-0.2, 0) is 21.9 Å². The van der Waals surface area contributed by atoms with Gasteiger partial charge in [-0.25, -0.2) is 0 Å². The molecule has 0 unspecified atom stereocenters. The Bertz CT molecular complexity index is 1290. The first-order valence-electron chi connectivity index (χ1n) is 12.8. The van der Waals surface area contributed by atoms with Crippen LogP contribution in [-0.4, -0.2) is 71.8 Å². The molecule has 15 heteroatoms. The Hall–Kier alpha value is -4.04. The number of nitrogens with one attached hydrogen (secondary N) is 1. The lowest BCUT2D eigenvalue weighted by Gasteiger charge is -2.37. The van der Waals surface area contributed by atoms with Crippen molar-refractivity contribution >= 4 is 28.9 Å². The summed E-state index contributed by atoms with van der Waals surface area (Å²) in [5.41, 5.74) is -2.66. The Morgan fingerprint density at radius 1 is 0.854 bits per heavy atom. The molecule has 2 fully saturated rings. The van der Waals surface area contributed by atoms with Gasteiger partial charge in [-0.2, -0.15) is 26.3 Å². The van der Waals surface area contributed by atoms with Gasteiger partial charge in [-0.1, -0.05) is 6.07 Å². The third-order valence-electron chi connectivity index (χ3n) is 7.19. The Balaban J connectivity index is 1.24. The fourth-order valence-corrected chi connectivity index (χ4v) is 4.97. The zero-order valence-electron chi connectivity index (χ0n) is 21.7. The maximum Gasteiger partial charge on any atom is 0.423 e. The van der Waals surface area contributed by atoms with Gasteiger partial charge in [0.1, 0.15) is 12.0 Å². The SMILES string of the molecule is O=C(CC(=O)N1CCN(c2cccc(C(F)(F)F)c2)CC1)N1CCC(Nc2ccc([N+](=O)[O-])c(C(F)(F)F)c2)CC1. The molecule has 4 rings (SSSR count). The summed E-state index contributed by atoms with van der Waals surface area (Å²) in [5, 5.41) is 13.9. The van der Waals surface area contributed by atoms with Crippen molar-refractivity contribution in [3.8, 4) is 0 Å². The third kappa shape index (κ3) is 7.38. The minimum atomic E-state index is -4.90. The van der Waals surface area contributed by atoms with Gasteiger partial charge in [0, 0.05) is 62.8 Å². The second-order valence-corrected chi connectivity index (χ2v) is 9.88. The van der Waals surface area contributed by atoms with Crippen LogP contribution in [0.2, 0.25) is 0 Å². The van der Waals surface area contributed by atoms with Gasteiger partial charge in [0.25, 0.3) is 5.69 Å². The first-order chi connectivity index (χ1) is 19.2. The number of nitro benzene ring substituents is 1. The van der Waals surface area contributed by atoms with E-state index in [1.807, 2.05) is 0 Å². The molecule has 2 heterocycles. The molecule has 0 saturated carbocycles. The van der Waals surface area contributed by atoms with Crippen LogP contribution in [0.5, 0.6) is 0 Å². The Morgan fingerprint density at radius 3 is 2.02 bits per heavy atom. The summed E-state index contributed by atoms with van der Waals surface area (Å²) in [6, 6.07) is 7.39. The summed E-state index contributed by atoms with van der Waals surface area (Å²) in [6.07, 6.45) is -8.92. The number of nitrogens with zero attached hydrogens (tertiary/aromatic N) is 4. The number of piperidine rings is 1. The van der Waals surface area contributed by atoms with Gasteiger partial charge < -0.3 is 20.0 Å². The molecule has 2 aromatic rings. The number of hydrogen-bond acceptors (Lipinski definition) is 6. The number of rotatable bonds is 6. The molecule has 0 radical (unpaired) electrons. The average Bonchev–Trinajstić information content (AvgIpc) is 2.92. The molecule has 2 aliphatic rings. The summed E-state index contributed by atoms with van der Waals surface area (Å²) in [7, 11) is 0. The summed E-state index contributed by atoms with van der Waals surface area (Å²) >= 11 is 0. The summed E-state index contributed by atoms with van der Waals surface area (Å²) in [4.78, 5) is 40.1. The maximum atomic E-state index is 13.2. The summed E-state index contributed by atoms with van der Waals surface area (Å²) in [5.74, 6) is -0.770. The van der Waals surface area contributed by atoms with Crippen LogP contribution in [0.15, 0.2) is 42.5 Å². The van der Waals surface area contributed by atoms with E-state index in [1.54, 1.807) is 11.0 Å². The molecule has 0 spiro atoms. The first-order valence-corrected chi connectivity index (χ1v) is 12.8. The van der Waals surface area contributed by atoms with E-state index in [2.05, 4.69) is 5.32 Å². The Labute approximate surface area is 230 Å². The lowest BCUT2D eigenvalue weighted by molar-refractivity contribution is -0.388. The molecule has 0 atom stereocenters. The standard InChI is InChI=1S/C26H27F6N5O4/c27-25(28,29)17-2-1-3-20(14-17)34-10-12-36(13-11-34)24(39)16-23(38)35-8-6-18(7-9-35)33-19-4-5-22(37(40)41)21(15-19)26(30,31)32/h1-5,14-15,18,33H,6-13,16H2. The number of hydrogen-bond donors (Lipinski definition) is 1. The quantitative estimate of drug-likeness (QED) is 0.226. The third-order valence-corrected chi connectivity index (χ3v) is 7.19. The minimum Gasteiger partial charge on any atom is -0.382 e. The smallest absolute Gasteiger partial charge is 0.382 e. The van der Waals surface area contributed by atoms with E-state index in [1.165, 1.54) is 21.9 Å². The molecule has 2 amide bonds. The van der Waals surface area contributed by atoms with E-state index in [9.17, 15) is 46.0 Å². The van der Waals surface area contributed by atoms with Crippen molar-refractivity contribution in [3.05, 3.63) is 63.7 Å². The molecule has 0 bridgehead atoms. The average molecular weight is 588 g/mol. The molecule has 0 aliphatic carbocycles. The number of halogens is 6. The number of alkyl halides is 6. The van der Waals surface area contributed by atoms with Crippen molar-refractivity contribution in [1.29, 1.82) is 0 Å². The van der Waals surface area contributed by atoms with Gasteiger partial charge in [-0.15, -0.1) is 0 Å². The van der Waals surface area contributed by atoms with E-state index in [4.69, 9.17) is 0 Å². The van der Waals surface area contributed by atoms with E-state index in [0.29, 0.717) is 37.7 Å². The Morgan fingerprint density at radius 2 is 1.46 bits per heavy atom. The highest BCUT2D eigenvalue weighted by atomic mass is 19.4. The van der Waals surface area contributed by atoms with Crippen molar-refractivity contribution < 1.29 is 40.9 Å². The van der Waals surface area contributed by atoms with Gasteiger partial charge in [-0.05, 0) is 43.2 Å². The molecular weight excluding hydrogens is 560 g/mol. The molecule has 222 valence electrons. The number of nitro groups is 1. The molecule has 41 heavy (non-hydrogen) atoms. The minimum absolute atomic E-state index is 0.0761. The zero-order chi connectivity index (χ0) is 29.9. The Kier molecular flexibility index (Phi) is 8.63. The van der Waals surface area contributed by atoms with E-state index in [0.717, 1.165) is 18.2 Å². The van der Waals surface area contributed by atoms with E-state index < -0.39 is 34.1 Å². The van der Waals surface area contributed by atoms with Gasteiger partial charge in [0.15, 0.2) is 0 Å². The van der Waals surface area contributed by atoms with Gasteiger partial charge in [-0.3, -0.25) is 19.7 Å². The lowest BCUT2D eigenvalue weighted by atomic mass is 10.0. The predicted molar refractivity (Wildman–Crippen MR) is 136 cm³/mol. The highest BCUT2D eigenvalue weighted by Gasteiger charge is 2.39. The fourth-order valence-electron chi connectivity index (χ4n) is 4.97. The lowest BCUT2D eigenvalue weighted by Crippen LogP contribution is -2.50. The van der Waals surface area contributed by atoms with Crippen LogP contribution in [0.3, 0.4) is 0 Å². The number of piperazine rings is 1. The molecule has 9 nitrogen and oxygen atoms in total. The van der Waals surface area contributed by atoms with Gasteiger partial charge in [0.2, 0.25) is 11.8 Å². The van der Waals surface area contributed by atoms with Crippen molar-refractivity contribution in [3.63, 3.8) is 0 Å². The van der Waals surface area contributed by atoms with E-state index in [-0.39, 0.29) is 56.1 Å². The molecule has 2 aromatic carbocycles. The number of carbonyl (C=O) groups is 2. The van der Waals surface area contributed by atoms with Crippen molar-refractivity contribution in [1.82, 2.24) is 9.80 Å². The zero-order valence-corrected chi connectivity index (χ0v) is 21.7. The number of likely N-dealkylation sites (tertiary alicyclic amines) is 1. The first kappa shape index (κ1) is 29.9. The van der Waals surface area contributed by atoms with Crippen LogP contribution < -0.4 is 10.2 Å². The number of anilines is 2. The monoisotopic (exact) mass is 587 g/mol. The second-order valence-electron chi connectivity index (χ2n) is 9.88. The molecular formula is C26H27F6N5O4. The van der Waals surface area contributed by atoms with Crippen LogP contribution in [0.1, 0.15) is 30.4 Å². The number of amides is 2. The van der Waals surface area contributed by atoms with Crippen LogP contribution in [0.4, 0.5) is 43.4 Å². The largest absolute Gasteiger partial charge is 0.423 e.